The van der Waals surface area contributed by atoms with Gasteiger partial charge in [0.25, 0.3) is 0 Å². The number of benzene rings is 1. The molecule has 1 amide bonds. The van der Waals surface area contributed by atoms with E-state index in [4.69, 9.17) is 5.73 Å². The van der Waals surface area contributed by atoms with Crippen molar-refractivity contribution in [2.24, 2.45) is 5.73 Å². The van der Waals surface area contributed by atoms with Crippen LogP contribution in [0, 0.1) is 0 Å². The van der Waals surface area contributed by atoms with E-state index in [1.807, 2.05) is 19.1 Å². The molecule has 1 aliphatic rings. The Kier molecular flexibility index (Phi) is 3.64. The van der Waals surface area contributed by atoms with Crippen LogP contribution in [0.4, 0.5) is 5.69 Å². The molecule has 1 aromatic rings. The van der Waals surface area contributed by atoms with Gasteiger partial charge in [-0.05, 0) is 18.6 Å². The predicted octanol–water partition coefficient (Wildman–Crippen LogP) is 1.03. The Balaban J connectivity index is 2.23. The number of nitrogens with one attached hydrogen (secondary N) is 1. The average Bonchev–Trinajstić information content (AvgIpc) is 2.54. The van der Waals surface area contributed by atoms with Crippen molar-refractivity contribution < 1.29 is 4.79 Å². The van der Waals surface area contributed by atoms with Gasteiger partial charge >= 0.3 is 0 Å². The fraction of sp³-hybridized carbons (Fsp3) is 0.462. The van der Waals surface area contributed by atoms with E-state index in [1.54, 1.807) is 0 Å². The molecule has 92 valence electrons. The summed E-state index contributed by atoms with van der Waals surface area (Å²) in [7, 11) is 0. The van der Waals surface area contributed by atoms with Crippen LogP contribution in [-0.4, -0.2) is 25.5 Å². The molecule has 1 heterocycles. The Morgan fingerprint density at radius 3 is 2.88 bits per heavy atom. The highest BCUT2D eigenvalue weighted by molar-refractivity contribution is 5.77. The third-order valence-corrected chi connectivity index (χ3v) is 3.08. The first-order valence-electron chi connectivity index (χ1n) is 6.04. The van der Waals surface area contributed by atoms with Gasteiger partial charge in [0.05, 0.1) is 0 Å². The minimum absolute atomic E-state index is 0.0121. The van der Waals surface area contributed by atoms with Gasteiger partial charge in [0.2, 0.25) is 5.91 Å². The smallest absolute Gasteiger partial charge is 0.221 e. The van der Waals surface area contributed by atoms with E-state index in [0.29, 0.717) is 13.0 Å². The standard InChI is InChI=1S/C13H19N3O/c1-10(14)11-4-2-3-5-12(11)16-8-6-13(17)15-7-9-16/h2-5,10H,6-9,14H2,1H3,(H,15,17)/t10-/m1/s1. The minimum atomic E-state index is 0.0121. The number of rotatable bonds is 2. The normalized spacial score (nSPS) is 18.5. The van der Waals surface area contributed by atoms with E-state index in [2.05, 4.69) is 22.3 Å². The third-order valence-electron chi connectivity index (χ3n) is 3.08. The number of hydrogen-bond acceptors (Lipinski definition) is 3. The Hall–Kier alpha value is -1.55. The highest BCUT2D eigenvalue weighted by atomic mass is 16.1. The van der Waals surface area contributed by atoms with Crippen molar-refractivity contribution in [2.45, 2.75) is 19.4 Å². The molecule has 0 aromatic heterocycles. The van der Waals surface area contributed by atoms with Gasteiger partial charge in [-0.25, -0.2) is 0 Å². The summed E-state index contributed by atoms with van der Waals surface area (Å²) in [5, 5.41) is 2.88. The lowest BCUT2D eigenvalue weighted by Crippen LogP contribution is -2.29. The van der Waals surface area contributed by atoms with Crippen LogP contribution in [0.3, 0.4) is 0 Å². The second kappa shape index (κ2) is 5.19. The molecule has 2 rings (SSSR count). The molecule has 4 heteroatoms. The summed E-state index contributed by atoms with van der Waals surface area (Å²) in [5.74, 6) is 0.130. The van der Waals surface area contributed by atoms with Crippen molar-refractivity contribution in [2.75, 3.05) is 24.5 Å². The Bertz CT molecular complexity index is 403. The summed E-state index contributed by atoms with van der Waals surface area (Å²) in [6.45, 7) is 4.29. The number of hydrogen-bond donors (Lipinski definition) is 2. The molecule has 1 atom stereocenters. The van der Waals surface area contributed by atoms with Crippen LogP contribution in [-0.2, 0) is 4.79 Å². The summed E-state index contributed by atoms with van der Waals surface area (Å²) < 4.78 is 0. The molecule has 4 nitrogen and oxygen atoms in total. The largest absolute Gasteiger partial charge is 0.369 e. The number of carbonyl (C=O) groups is 1. The summed E-state index contributed by atoms with van der Waals surface area (Å²) in [6.07, 6.45) is 0.549. The van der Waals surface area contributed by atoms with Gasteiger partial charge in [-0.1, -0.05) is 18.2 Å². The van der Waals surface area contributed by atoms with E-state index in [9.17, 15) is 4.79 Å². The summed E-state index contributed by atoms with van der Waals surface area (Å²) >= 11 is 0. The monoisotopic (exact) mass is 233 g/mol. The molecule has 0 spiro atoms. The highest BCUT2D eigenvalue weighted by Crippen LogP contribution is 2.25. The quantitative estimate of drug-likeness (QED) is 0.802. The predicted molar refractivity (Wildman–Crippen MR) is 68.9 cm³/mol. The highest BCUT2D eigenvalue weighted by Gasteiger charge is 2.17. The van der Waals surface area contributed by atoms with Crippen LogP contribution < -0.4 is 16.0 Å². The van der Waals surface area contributed by atoms with Gasteiger partial charge in [-0.3, -0.25) is 4.79 Å². The van der Waals surface area contributed by atoms with Crippen molar-refractivity contribution in [3.05, 3.63) is 29.8 Å². The second-order valence-electron chi connectivity index (χ2n) is 4.43. The molecular weight excluding hydrogens is 214 g/mol. The molecule has 1 saturated heterocycles. The maximum Gasteiger partial charge on any atom is 0.221 e. The van der Waals surface area contributed by atoms with Gasteiger partial charge in [-0.2, -0.15) is 0 Å². The van der Waals surface area contributed by atoms with Crippen LogP contribution in [0.2, 0.25) is 0 Å². The van der Waals surface area contributed by atoms with E-state index < -0.39 is 0 Å². The summed E-state index contributed by atoms with van der Waals surface area (Å²) in [6, 6.07) is 8.16. The number of amides is 1. The van der Waals surface area contributed by atoms with Gasteiger partial charge in [0.1, 0.15) is 0 Å². The lowest BCUT2D eigenvalue weighted by atomic mass is 10.1. The first-order valence-corrected chi connectivity index (χ1v) is 6.04. The molecule has 0 unspecified atom stereocenters. The summed E-state index contributed by atoms with van der Waals surface area (Å²) in [4.78, 5) is 13.5. The fourth-order valence-electron chi connectivity index (χ4n) is 2.17. The second-order valence-corrected chi connectivity index (χ2v) is 4.43. The van der Waals surface area contributed by atoms with Gasteiger partial charge in [0.15, 0.2) is 0 Å². The molecule has 0 bridgehead atoms. The molecule has 17 heavy (non-hydrogen) atoms. The molecular formula is C13H19N3O. The molecule has 0 aliphatic carbocycles. The van der Waals surface area contributed by atoms with Crippen LogP contribution >= 0.6 is 0 Å². The molecule has 1 aromatic carbocycles. The molecule has 0 saturated carbocycles. The SMILES string of the molecule is C[C@@H](N)c1ccccc1N1CCNC(=O)CC1. The van der Waals surface area contributed by atoms with Crippen LogP contribution in [0.15, 0.2) is 24.3 Å². The third kappa shape index (κ3) is 2.77. The van der Waals surface area contributed by atoms with Crippen LogP contribution in [0.25, 0.3) is 0 Å². The van der Waals surface area contributed by atoms with Crippen molar-refractivity contribution >= 4 is 11.6 Å². The lowest BCUT2D eigenvalue weighted by Gasteiger charge is -2.26. The zero-order chi connectivity index (χ0) is 12.3. The van der Waals surface area contributed by atoms with Gasteiger partial charge in [0, 0.05) is 37.8 Å². The average molecular weight is 233 g/mol. The van der Waals surface area contributed by atoms with E-state index in [0.717, 1.165) is 24.3 Å². The van der Waals surface area contributed by atoms with Gasteiger partial charge in [-0.15, -0.1) is 0 Å². The van der Waals surface area contributed by atoms with Crippen LogP contribution in [0.1, 0.15) is 24.9 Å². The van der Waals surface area contributed by atoms with Crippen molar-refractivity contribution in [3.63, 3.8) is 0 Å². The maximum atomic E-state index is 11.3. The van der Waals surface area contributed by atoms with Crippen molar-refractivity contribution in [3.8, 4) is 0 Å². The first-order chi connectivity index (χ1) is 8.18. The number of para-hydroxylation sites is 1. The van der Waals surface area contributed by atoms with E-state index >= 15 is 0 Å². The Morgan fingerprint density at radius 2 is 2.12 bits per heavy atom. The molecule has 1 aliphatic heterocycles. The van der Waals surface area contributed by atoms with Gasteiger partial charge < -0.3 is 16.0 Å². The Morgan fingerprint density at radius 1 is 1.35 bits per heavy atom. The maximum absolute atomic E-state index is 11.3. The molecule has 3 N–H and O–H groups in total. The van der Waals surface area contributed by atoms with Crippen LogP contribution in [0.5, 0.6) is 0 Å². The fourth-order valence-corrected chi connectivity index (χ4v) is 2.17. The lowest BCUT2D eigenvalue weighted by molar-refractivity contribution is -0.120. The number of nitrogens with two attached hydrogens (primary N) is 1. The number of anilines is 1. The number of nitrogens with zero attached hydrogens (tertiary/aromatic N) is 1. The Labute approximate surface area is 102 Å². The zero-order valence-electron chi connectivity index (χ0n) is 10.1. The number of carbonyl (C=O) groups excluding carboxylic acids is 1. The topological polar surface area (TPSA) is 58.4 Å². The van der Waals surface area contributed by atoms with E-state index in [1.165, 1.54) is 0 Å². The minimum Gasteiger partial charge on any atom is -0.369 e. The molecule has 1 fully saturated rings. The van der Waals surface area contributed by atoms with Crippen molar-refractivity contribution in [1.29, 1.82) is 0 Å². The van der Waals surface area contributed by atoms with E-state index in [-0.39, 0.29) is 11.9 Å². The molecule has 0 radical (unpaired) electrons. The first kappa shape index (κ1) is 11.9. The summed E-state index contributed by atoms with van der Waals surface area (Å²) in [5.41, 5.74) is 8.27. The zero-order valence-corrected chi connectivity index (χ0v) is 10.1. The van der Waals surface area contributed by atoms with Crippen molar-refractivity contribution in [1.82, 2.24) is 5.32 Å².